The van der Waals surface area contributed by atoms with E-state index in [1.165, 1.54) is 6.07 Å². The number of carbonyl (C=O) groups is 1. The van der Waals surface area contributed by atoms with Gasteiger partial charge in [0.25, 0.3) is 11.6 Å². The first-order chi connectivity index (χ1) is 9.90. The predicted octanol–water partition coefficient (Wildman–Crippen LogP) is 2.89. The van der Waals surface area contributed by atoms with Gasteiger partial charge in [-0.05, 0) is 20.3 Å². The number of halogens is 1. The lowest BCUT2D eigenvalue weighted by Gasteiger charge is -2.02. The van der Waals surface area contributed by atoms with Crippen LogP contribution >= 0.6 is 22.9 Å². The van der Waals surface area contributed by atoms with Gasteiger partial charge < -0.3 is 9.84 Å². The van der Waals surface area contributed by atoms with Crippen LogP contribution < -0.4 is 5.32 Å². The molecule has 0 aromatic carbocycles. The van der Waals surface area contributed by atoms with Gasteiger partial charge in [-0.2, -0.15) is 0 Å². The summed E-state index contributed by atoms with van der Waals surface area (Å²) in [4.78, 5) is 22.2. The molecule has 0 fully saturated rings. The molecule has 7 nitrogen and oxygen atoms in total. The molecule has 0 saturated carbocycles. The van der Waals surface area contributed by atoms with E-state index in [-0.39, 0.29) is 20.8 Å². The summed E-state index contributed by atoms with van der Waals surface area (Å²) in [5.41, 5.74) is 1.49. The molecule has 0 aliphatic heterocycles. The Labute approximate surface area is 129 Å². The first-order valence-corrected chi connectivity index (χ1v) is 7.23. The number of nitrogens with one attached hydrogen (secondary N) is 1. The van der Waals surface area contributed by atoms with Gasteiger partial charge in [0.1, 0.15) is 10.6 Å². The third-order valence-corrected chi connectivity index (χ3v) is 4.27. The van der Waals surface area contributed by atoms with Crippen LogP contribution in [0.25, 0.3) is 0 Å². The van der Waals surface area contributed by atoms with Gasteiger partial charge in [-0.25, -0.2) is 0 Å². The molecular formula is C12H12ClN3O4S. The minimum absolute atomic E-state index is 0.00382. The highest BCUT2D eigenvalue weighted by atomic mass is 35.5. The number of aryl methyl sites for hydroxylation is 2. The second-order valence-corrected chi connectivity index (χ2v) is 5.99. The van der Waals surface area contributed by atoms with E-state index in [1.54, 1.807) is 6.92 Å². The predicted molar refractivity (Wildman–Crippen MR) is 78.0 cm³/mol. The van der Waals surface area contributed by atoms with Crippen molar-refractivity contribution >= 4 is 34.5 Å². The topological polar surface area (TPSA) is 98.3 Å². The van der Waals surface area contributed by atoms with Crippen LogP contribution in [-0.4, -0.2) is 22.5 Å². The van der Waals surface area contributed by atoms with Crippen LogP contribution in [0, 0.1) is 24.0 Å². The molecule has 9 heteroatoms. The van der Waals surface area contributed by atoms with Crippen molar-refractivity contribution in [1.82, 2.24) is 10.5 Å². The van der Waals surface area contributed by atoms with Gasteiger partial charge in [-0.1, -0.05) is 16.8 Å². The molecule has 0 aliphatic rings. The third-order valence-electron chi connectivity index (χ3n) is 2.93. The average Bonchev–Trinajstić information content (AvgIpc) is 2.95. The molecule has 2 rings (SSSR count). The van der Waals surface area contributed by atoms with E-state index >= 15 is 0 Å². The number of nitro groups is 1. The molecule has 0 bridgehead atoms. The minimum Gasteiger partial charge on any atom is -0.361 e. The van der Waals surface area contributed by atoms with Gasteiger partial charge in [0.15, 0.2) is 4.34 Å². The zero-order chi connectivity index (χ0) is 15.6. The average molecular weight is 330 g/mol. The van der Waals surface area contributed by atoms with Gasteiger partial charge in [0.2, 0.25) is 0 Å². The van der Waals surface area contributed by atoms with Crippen LogP contribution in [0.5, 0.6) is 0 Å². The summed E-state index contributed by atoms with van der Waals surface area (Å²) >= 11 is 6.60. The first kappa shape index (κ1) is 15.5. The fourth-order valence-corrected chi connectivity index (χ4v) is 2.98. The van der Waals surface area contributed by atoms with Gasteiger partial charge >= 0.3 is 0 Å². The fraction of sp³-hybridized carbons (Fsp3) is 0.333. The van der Waals surface area contributed by atoms with E-state index in [0.29, 0.717) is 13.0 Å². The summed E-state index contributed by atoms with van der Waals surface area (Å²) in [5, 5.41) is 17.2. The van der Waals surface area contributed by atoms with Crippen LogP contribution in [0.1, 0.15) is 26.7 Å². The normalized spacial score (nSPS) is 10.6. The van der Waals surface area contributed by atoms with Crippen molar-refractivity contribution in [2.45, 2.75) is 20.3 Å². The van der Waals surface area contributed by atoms with Crippen molar-refractivity contribution in [3.63, 3.8) is 0 Å². The molecule has 0 spiro atoms. The summed E-state index contributed by atoms with van der Waals surface area (Å²) in [6, 6.07) is 1.18. The molecule has 0 radical (unpaired) electrons. The number of carbonyl (C=O) groups excluding carboxylic acids is 1. The highest BCUT2D eigenvalue weighted by Crippen LogP contribution is 2.33. The van der Waals surface area contributed by atoms with Gasteiger partial charge in [-0.15, -0.1) is 11.3 Å². The quantitative estimate of drug-likeness (QED) is 0.671. The minimum atomic E-state index is -0.612. The Morgan fingerprint density at radius 3 is 2.81 bits per heavy atom. The molecular weight excluding hydrogens is 318 g/mol. The molecule has 0 aliphatic carbocycles. The maximum Gasteiger partial charge on any atom is 0.299 e. The van der Waals surface area contributed by atoms with Crippen LogP contribution in [-0.2, 0) is 6.42 Å². The van der Waals surface area contributed by atoms with Crippen molar-refractivity contribution in [1.29, 1.82) is 0 Å². The highest BCUT2D eigenvalue weighted by molar-refractivity contribution is 7.18. The van der Waals surface area contributed by atoms with Crippen LogP contribution in [0.3, 0.4) is 0 Å². The van der Waals surface area contributed by atoms with Crippen LogP contribution in [0.2, 0.25) is 4.34 Å². The Hall–Kier alpha value is -1.93. The Kier molecular flexibility index (Phi) is 4.59. The maximum absolute atomic E-state index is 11.9. The molecule has 21 heavy (non-hydrogen) atoms. The van der Waals surface area contributed by atoms with E-state index in [0.717, 1.165) is 28.4 Å². The molecule has 2 heterocycles. The van der Waals surface area contributed by atoms with Gasteiger partial charge in [0.05, 0.1) is 10.6 Å². The Morgan fingerprint density at radius 1 is 1.57 bits per heavy atom. The number of nitrogens with zero attached hydrogens (tertiary/aromatic N) is 2. The largest absolute Gasteiger partial charge is 0.361 e. The van der Waals surface area contributed by atoms with Crippen molar-refractivity contribution in [2.75, 3.05) is 6.54 Å². The number of thiophene rings is 1. The molecule has 112 valence electrons. The van der Waals surface area contributed by atoms with Gasteiger partial charge in [0, 0.05) is 18.2 Å². The highest BCUT2D eigenvalue weighted by Gasteiger charge is 2.21. The van der Waals surface area contributed by atoms with Crippen molar-refractivity contribution in [2.24, 2.45) is 0 Å². The molecule has 0 unspecified atom stereocenters. The lowest BCUT2D eigenvalue weighted by Crippen LogP contribution is -2.25. The lowest BCUT2D eigenvalue weighted by atomic mass is 10.1. The van der Waals surface area contributed by atoms with E-state index in [2.05, 4.69) is 10.5 Å². The van der Waals surface area contributed by atoms with E-state index in [9.17, 15) is 14.9 Å². The molecule has 0 atom stereocenters. The Bertz CT molecular complexity index is 675. The SMILES string of the molecule is Cc1noc(C)c1CCNC(=O)c1cc([N+](=O)[O-])c(Cl)s1. The summed E-state index contributed by atoms with van der Waals surface area (Å²) in [7, 11) is 0. The zero-order valence-corrected chi connectivity index (χ0v) is 12.9. The van der Waals surface area contributed by atoms with E-state index in [1.807, 2.05) is 6.92 Å². The maximum atomic E-state index is 11.9. The summed E-state index contributed by atoms with van der Waals surface area (Å²) in [6.45, 7) is 4.01. The summed E-state index contributed by atoms with van der Waals surface area (Å²) in [5.74, 6) is 0.332. The second-order valence-electron chi connectivity index (χ2n) is 4.34. The number of aromatic nitrogens is 1. The van der Waals surface area contributed by atoms with Crippen molar-refractivity contribution in [3.8, 4) is 0 Å². The number of amides is 1. The molecule has 2 aromatic rings. The Balaban J connectivity index is 1.96. The fourth-order valence-electron chi connectivity index (χ4n) is 1.84. The summed E-state index contributed by atoms with van der Waals surface area (Å²) in [6.07, 6.45) is 0.577. The van der Waals surface area contributed by atoms with Crippen molar-refractivity contribution in [3.05, 3.63) is 42.4 Å². The van der Waals surface area contributed by atoms with E-state index < -0.39 is 4.92 Å². The Morgan fingerprint density at radius 2 is 2.29 bits per heavy atom. The summed E-state index contributed by atoms with van der Waals surface area (Å²) < 4.78 is 5.03. The smallest absolute Gasteiger partial charge is 0.299 e. The van der Waals surface area contributed by atoms with Crippen LogP contribution in [0.15, 0.2) is 10.6 Å². The standard InChI is InChI=1S/C12H12ClN3O4S/c1-6-8(7(2)20-15-6)3-4-14-12(17)10-5-9(16(18)19)11(13)21-10/h5H,3-4H2,1-2H3,(H,14,17). The van der Waals surface area contributed by atoms with Crippen molar-refractivity contribution < 1.29 is 14.2 Å². The molecule has 1 N–H and O–H groups in total. The number of hydrogen-bond acceptors (Lipinski definition) is 6. The first-order valence-electron chi connectivity index (χ1n) is 6.03. The molecule has 0 saturated heterocycles. The van der Waals surface area contributed by atoms with Gasteiger partial charge in [-0.3, -0.25) is 14.9 Å². The third kappa shape index (κ3) is 3.40. The molecule has 1 amide bonds. The number of rotatable bonds is 5. The second kappa shape index (κ2) is 6.23. The lowest BCUT2D eigenvalue weighted by molar-refractivity contribution is -0.384. The number of hydrogen-bond donors (Lipinski definition) is 1. The monoisotopic (exact) mass is 329 g/mol. The van der Waals surface area contributed by atoms with E-state index in [4.69, 9.17) is 16.1 Å². The van der Waals surface area contributed by atoms with Crippen LogP contribution in [0.4, 0.5) is 5.69 Å². The zero-order valence-electron chi connectivity index (χ0n) is 11.3. The molecule has 2 aromatic heterocycles.